The number of rotatable bonds is 5. The van der Waals surface area contributed by atoms with Gasteiger partial charge in [-0.3, -0.25) is 0 Å². The van der Waals surface area contributed by atoms with Crippen LogP contribution in [-0.2, 0) is 6.54 Å². The highest BCUT2D eigenvalue weighted by Gasteiger charge is 2.31. The molecule has 1 aromatic carbocycles. The van der Waals surface area contributed by atoms with Gasteiger partial charge in [-0.1, -0.05) is 17.7 Å². The zero-order valence-corrected chi connectivity index (χ0v) is 12.2. The first-order valence-corrected chi connectivity index (χ1v) is 7.32. The Morgan fingerprint density at radius 1 is 1.40 bits per heavy atom. The van der Waals surface area contributed by atoms with Crippen LogP contribution in [0.15, 0.2) is 36.7 Å². The molecule has 1 aliphatic rings. The van der Waals surface area contributed by atoms with Crippen molar-refractivity contribution in [3.8, 4) is 0 Å². The Hall–Kier alpha value is -1.32. The highest BCUT2D eigenvalue weighted by atomic mass is 35.5. The summed E-state index contributed by atoms with van der Waals surface area (Å²) in [5, 5.41) is 3.56. The van der Waals surface area contributed by atoms with E-state index in [2.05, 4.69) is 28.3 Å². The van der Waals surface area contributed by atoms with E-state index in [9.17, 15) is 4.39 Å². The molecule has 1 unspecified atom stereocenters. The zero-order valence-electron chi connectivity index (χ0n) is 11.4. The highest BCUT2D eigenvalue weighted by Crippen LogP contribution is 2.40. The Balaban J connectivity index is 1.74. The van der Waals surface area contributed by atoms with Crippen molar-refractivity contribution >= 4 is 11.6 Å². The fraction of sp³-hybridized carbons (Fsp3) is 0.375. The third-order valence-electron chi connectivity index (χ3n) is 3.89. The Bertz CT molecular complexity index is 604. The van der Waals surface area contributed by atoms with E-state index in [1.54, 1.807) is 6.07 Å². The molecule has 0 spiro atoms. The topological polar surface area (TPSA) is 17.0 Å². The first-order valence-electron chi connectivity index (χ1n) is 6.94. The van der Waals surface area contributed by atoms with Crippen LogP contribution < -0.4 is 5.32 Å². The maximum absolute atomic E-state index is 13.4. The standard InChI is InChI=1S/C16H18ClFN2/c1-19-16(12-3-4-12)13-6-7-20(10-13)9-11-2-5-14(17)15(18)8-11/h2,5-8,10,12,16,19H,3-4,9H2,1H3. The smallest absolute Gasteiger partial charge is 0.142 e. The summed E-state index contributed by atoms with van der Waals surface area (Å²) >= 11 is 5.70. The van der Waals surface area contributed by atoms with Crippen molar-refractivity contribution < 1.29 is 4.39 Å². The fourth-order valence-electron chi connectivity index (χ4n) is 2.69. The van der Waals surface area contributed by atoms with Gasteiger partial charge in [-0.05, 0) is 55.1 Å². The summed E-state index contributed by atoms with van der Waals surface area (Å²) < 4.78 is 15.5. The molecular formula is C16H18ClFN2. The molecule has 1 fully saturated rings. The highest BCUT2D eigenvalue weighted by molar-refractivity contribution is 6.30. The van der Waals surface area contributed by atoms with Crippen LogP contribution in [0, 0.1) is 11.7 Å². The summed E-state index contributed by atoms with van der Waals surface area (Å²) in [7, 11) is 2.01. The Morgan fingerprint density at radius 3 is 2.85 bits per heavy atom. The van der Waals surface area contributed by atoms with Gasteiger partial charge in [0.05, 0.1) is 5.02 Å². The number of benzene rings is 1. The molecule has 1 atom stereocenters. The minimum atomic E-state index is -0.359. The largest absolute Gasteiger partial charge is 0.350 e. The van der Waals surface area contributed by atoms with Crippen molar-refractivity contribution in [3.05, 3.63) is 58.6 Å². The zero-order chi connectivity index (χ0) is 14.1. The van der Waals surface area contributed by atoms with Gasteiger partial charge in [0, 0.05) is 25.0 Å². The third kappa shape index (κ3) is 2.89. The van der Waals surface area contributed by atoms with E-state index in [4.69, 9.17) is 11.6 Å². The molecule has 2 aromatic rings. The van der Waals surface area contributed by atoms with E-state index >= 15 is 0 Å². The van der Waals surface area contributed by atoms with Crippen LogP contribution in [0.25, 0.3) is 0 Å². The van der Waals surface area contributed by atoms with Gasteiger partial charge in [0.1, 0.15) is 5.82 Å². The van der Waals surface area contributed by atoms with Crippen LogP contribution in [0.1, 0.15) is 30.0 Å². The van der Waals surface area contributed by atoms with Gasteiger partial charge < -0.3 is 9.88 Å². The van der Waals surface area contributed by atoms with Gasteiger partial charge in [-0.25, -0.2) is 4.39 Å². The molecule has 20 heavy (non-hydrogen) atoms. The Labute approximate surface area is 123 Å². The first-order chi connectivity index (χ1) is 9.67. The monoisotopic (exact) mass is 292 g/mol. The Morgan fingerprint density at radius 2 is 2.20 bits per heavy atom. The number of nitrogens with zero attached hydrogens (tertiary/aromatic N) is 1. The van der Waals surface area contributed by atoms with Crippen molar-refractivity contribution in [1.82, 2.24) is 9.88 Å². The van der Waals surface area contributed by atoms with Crippen LogP contribution in [0.5, 0.6) is 0 Å². The molecule has 106 valence electrons. The van der Waals surface area contributed by atoms with Gasteiger partial charge in [0.15, 0.2) is 0 Å². The van der Waals surface area contributed by atoms with Crippen LogP contribution in [0.4, 0.5) is 4.39 Å². The molecule has 0 aliphatic heterocycles. The quantitative estimate of drug-likeness (QED) is 0.881. The van der Waals surface area contributed by atoms with E-state index in [1.807, 2.05) is 13.1 Å². The normalized spacial score (nSPS) is 16.4. The average molecular weight is 293 g/mol. The molecule has 2 nitrogen and oxygen atoms in total. The number of nitrogens with one attached hydrogen (secondary N) is 1. The lowest BCUT2D eigenvalue weighted by atomic mass is 10.1. The van der Waals surface area contributed by atoms with Crippen LogP contribution in [0.3, 0.4) is 0 Å². The van der Waals surface area contributed by atoms with Gasteiger partial charge in [-0.2, -0.15) is 0 Å². The van der Waals surface area contributed by atoms with Crippen molar-refractivity contribution in [2.24, 2.45) is 5.92 Å². The lowest BCUT2D eigenvalue weighted by Crippen LogP contribution is -2.17. The summed E-state index contributed by atoms with van der Waals surface area (Å²) in [6.07, 6.45) is 6.80. The number of aromatic nitrogens is 1. The summed E-state index contributed by atoms with van der Waals surface area (Å²) in [5.41, 5.74) is 2.23. The molecule has 4 heteroatoms. The van der Waals surface area contributed by atoms with E-state index in [-0.39, 0.29) is 10.8 Å². The predicted octanol–water partition coefficient (Wildman–Crippen LogP) is 4.00. The summed E-state index contributed by atoms with van der Waals surface area (Å²) in [4.78, 5) is 0. The number of halogens is 2. The van der Waals surface area contributed by atoms with E-state index in [0.717, 1.165) is 11.5 Å². The second-order valence-electron chi connectivity index (χ2n) is 5.47. The maximum atomic E-state index is 13.4. The molecule has 1 aliphatic carbocycles. The summed E-state index contributed by atoms with van der Waals surface area (Å²) in [5.74, 6) is 0.409. The molecule has 0 radical (unpaired) electrons. The molecule has 1 N–H and O–H groups in total. The summed E-state index contributed by atoms with van der Waals surface area (Å²) in [6.45, 7) is 0.662. The third-order valence-corrected chi connectivity index (χ3v) is 4.19. The number of hydrogen-bond acceptors (Lipinski definition) is 1. The Kier molecular flexibility index (Phi) is 3.81. The average Bonchev–Trinajstić information content (AvgIpc) is 3.16. The lowest BCUT2D eigenvalue weighted by molar-refractivity contribution is 0.528. The lowest BCUT2D eigenvalue weighted by Gasteiger charge is -2.13. The molecule has 0 saturated heterocycles. The fourth-order valence-corrected chi connectivity index (χ4v) is 2.81. The van der Waals surface area contributed by atoms with Crippen molar-refractivity contribution in [1.29, 1.82) is 0 Å². The molecular weight excluding hydrogens is 275 g/mol. The van der Waals surface area contributed by atoms with Gasteiger partial charge in [0.25, 0.3) is 0 Å². The van der Waals surface area contributed by atoms with E-state index in [1.165, 1.54) is 24.5 Å². The van der Waals surface area contributed by atoms with Crippen LogP contribution >= 0.6 is 11.6 Å². The molecule has 0 amide bonds. The molecule has 1 aromatic heterocycles. The van der Waals surface area contributed by atoms with Gasteiger partial charge in [0.2, 0.25) is 0 Å². The second kappa shape index (κ2) is 5.58. The second-order valence-corrected chi connectivity index (χ2v) is 5.88. The SMILES string of the molecule is CNC(c1ccn(Cc2ccc(Cl)c(F)c2)c1)C1CC1. The van der Waals surface area contributed by atoms with E-state index in [0.29, 0.717) is 12.6 Å². The van der Waals surface area contributed by atoms with Crippen molar-refractivity contribution in [2.75, 3.05) is 7.05 Å². The van der Waals surface area contributed by atoms with Crippen LogP contribution in [-0.4, -0.2) is 11.6 Å². The predicted molar refractivity (Wildman–Crippen MR) is 79.5 cm³/mol. The van der Waals surface area contributed by atoms with E-state index < -0.39 is 0 Å². The summed E-state index contributed by atoms with van der Waals surface area (Å²) in [6, 6.07) is 7.56. The van der Waals surface area contributed by atoms with Gasteiger partial charge >= 0.3 is 0 Å². The van der Waals surface area contributed by atoms with Crippen LogP contribution in [0.2, 0.25) is 5.02 Å². The minimum Gasteiger partial charge on any atom is -0.350 e. The molecule has 3 rings (SSSR count). The van der Waals surface area contributed by atoms with Gasteiger partial charge in [-0.15, -0.1) is 0 Å². The molecule has 0 bridgehead atoms. The molecule has 1 heterocycles. The maximum Gasteiger partial charge on any atom is 0.142 e. The van der Waals surface area contributed by atoms with Crippen molar-refractivity contribution in [2.45, 2.75) is 25.4 Å². The first kappa shape index (κ1) is 13.7. The van der Waals surface area contributed by atoms with Crippen molar-refractivity contribution in [3.63, 3.8) is 0 Å². The number of hydrogen-bond donors (Lipinski definition) is 1. The molecule has 1 saturated carbocycles. The minimum absolute atomic E-state index is 0.172.